The number of primary amides is 1. The third-order valence-corrected chi connectivity index (χ3v) is 3.55. The Bertz CT molecular complexity index is 250. The molecule has 0 aliphatic carbocycles. The number of hydrogen-bond acceptors (Lipinski definition) is 2. The van der Waals surface area contributed by atoms with Crippen LogP contribution in [0.3, 0.4) is 0 Å². The normalized spacial score (nSPS) is 14.1. The lowest BCUT2D eigenvalue weighted by molar-refractivity contribution is -0.154. The van der Waals surface area contributed by atoms with Gasteiger partial charge in [-0.05, 0) is 13.3 Å². The van der Waals surface area contributed by atoms with Gasteiger partial charge in [0.05, 0.1) is 0 Å². The molecule has 0 spiro atoms. The summed E-state index contributed by atoms with van der Waals surface area (Å²) in [6, 6.07) is 0. The molecule has 0 aromatic heterocycles. The van der Waals surface area contributed by atoms with Gasteiger partial charge in [-0.25, -0.2) is 0 Å². The molecular weight excluding hydrogens is 230 g/mol. The Morgan fingerprint density at radius 1 is 1.00 bits per heavy atom. The summed E-state index contributed by atoms with van der Waals surface area (Å²) in [4.78, 5) is 22.1. The minimum Gasteiger partial charge on any atom is -0.480 e. The lowest BCUT2D eigenvalue weighted by Gasteiger charge is -2.20. The number of rotatable bonds is 11. The van der Waals surface area contributed by atoms with Crippen LogP contribution in [0.15, 0.2) is 0 Å². The number of carboxylic acids is 1. The second-order valence-corrected chi connectivity index (χ2v) is 5.23. The fourth-order valence-electron chi connectivity index (χ4n) is 1.95. The fraction of sp³-hybridized carbons (Fsp3) is 0.857. The smallest absolute Gasteiger partial charge is 0.318 e. The molecule has 1 amide bonds. The molecule has 0 radical (unpaired) electrons. The van der Waals surface area contributed by atoms with Crippen molar-refractivity contribution in [1.29, 1.82) is 0 Å². The first-order chi connectivity index (χ1) is 8.45. The van der Waals surface area contributed by atoms with Crippen LogP contribution < -0.4 is 5.73 Å². The summed E-state index contributed by atoms with van der Waals surface area (Å²) in [6.45, 7) is 3.61. The highest BCUT2D eigenvalue weighted by Crippen LogP contribution is 2.25. The van der Waals surface area contributed by atoms with Crippen molar-refractivity contribution in [2.75, 3.05) is 0 Å². The number of carboxylic acid groups (broad SMARTS) is 1. The van der Waals surface area contributed by atoms with Crippen LogP contribution in [0.25, 0.3) is 0 Å². The summed E-state index contributed by atoms with van der Waals surface area (Å²) in [5.74, 6) is -1.85. The molecule has 0 aliphatic heterocycles. The Kier molecular flexibility index (Phi) is 8.42. The first kappa shape index (κ1) is 16.9. The molecule has 0 bridgehead atoms. The average molecular weight is 257 g/mol. The monoisotopic (exact) mass is 257 g/mol. The summed E-state index contributed by atoms with van der Waals surface area (Å²) < 4.78 is 0. The van der Waals surface area contributed by atoms with E-state index < -0.39 is 17.3 Å². The molecular formula is C14H27NO3. The van der Waals surface area contributed by atoms with Gasteiger partial charge in [-0.1, -0.05) is 58.3 Å². The van der Waals surface area contributed by atoms with Crippen molar-refractivity contribution in [3.8, 4) is 0 Å². The van der Waals surface area contributed by atoms with E-state index in [1.54, 1.807) is 0 Å². The van der Waals surface area contributed by atoms with E-state index in [1.807, 2.05) is 0 Å². The van der Waals surface area contributed by atoms with Crippen molar-refractivity contribution in [3.63, 3.8) is 0 Å². The molecule has 0 aromatic rings. The quantitative estimate of drug-likeness (QED) is 0.441. The molecule has 18 heavy (non-hydrogen) atoms. The van der Waals surface area contributed by atoms with E-state index in [0.717, 1.165) is 19.3 Å². The fourth-order valence-corrected chi connectivity index (χ4v) is 1.95. The van der Waals surface area contributed by atoms with Crippen molar-refractivity contribution >= 4 is 11.9 Å². The second-order valence-electron chi connectivity index (χ2n) is 5.23. The van der Waals surface area contributed by atoms with Gasteiger partial charge in [0.15, 0.2) is 0 Å². The average Bonchev–Trinajstić information content (AvgIpc) is 2.31. The van der Waals surface area contributed by atoms with Gasteiger partial charge in [0, 0.05) is 0 Å². The van der Waals surface area contributed by atoms with Crippen LogP contribution in [0.4, 0.5) is 0 Å². The molecule has 0 aliphatic rings. The van der Waals surface area contributed by atoms with E-state index in [-0.39, 0.29) is 0 Å². The molecule has 4 nitrogen and oxygen atoms in total. The van der Waals surface area contributed by atoms with Crippen LogP contribution in [0.5, 0.6) is 0 Å². The molecule has 0 heterocycles. The SMILES string of the molecule is CCCCCCCCCCC(C)(C(N)=O)C(=O)O. The molecule has 3 N–H and O–H groups in total. The molecule has 1 unspecified atom stereocenters. The van der Waals surface area contributed by atoms with Gasteiger partial charge in [-0.15, -0.1) is 0 Å². The van der Waals surface area contributed by atoms with Gasteiger partial charge >= 0.3 is 5.97 Å². The van der Waals surface area contributed by atoms with Crippen LogP contribution >= 0.6 is 0 Å². The van der Waals surface area contributed by atoms with Crippen LogP contribution in [0.2, 0.25) is 0 Å². The summed E-state index contributed by atoms with van der Waals surface area (Å²) in [5, 5.41) is 9.00. The van der Waals surface area contributed by atoms with Crippen molar-refractivity contribution in [3.05, 3.63) is 0 Å². The van der Waals surface area contributed by atoms with Gasteiger partial charge in [0.1, 0.15) is 5.41 Å². The molecule has 0 aromatic carbocycles. The number of carbonyl (C=O) groups is 2. The Labute approximate surface area is 110 Å². The minimum atomic E-state index is -1.40. The molecule has 0 fully saturated rings. The van der Waals surface area contributed by atoms with E-state index in [4.69, 9.17) is 10.8 Å². The number of carbonyl (C=O) groups excluding carboxylic acids is 1. The highest BCUT2D eigenvalue weighted by Gasteiger charge is 2.38. The second kappa shape index (κ2) is 8.95. The van der Waals surface area contributed by atoms with Gasteiger partial charge < -0.3 is 10.8 Å². The highest BCUT2D eigenvalue weighted by atomic mass is 16.4. The Balaban J connectivity index is 3.70. The molecule has 0 rings (SSSR count). The predicted molar refractivity (Wildman–Crippen MR) is 72.2 cm³/mol. The van der Waals surface area contributed by atoms with Crippen molar-refractivity contribution < 1.29 is 14.7 Å². The summed E-state index contributed by atoms with van der Waals surface area (Å²) >= 11 is 0. The van der Waals surface area contributed by atoms with Crippen LogP contribution in [-0.2, 0) is 9.59 Å². The third kappa shape index (κ3) is 6.03. The Morgan fingerprint density at radius 2 is 1.44 bits per heavy atom. The third-order valence-electron chi connectivity index (χ3n) is 3.55. The maximum absolute atomic E-state index is 11.1. The van der Waals surface area contributed by atoms with Crippen LogP contribution in [0.1, 0.15) is 71.6 Å². The lowest BCUT2D eigenvalue weighted by atomic mass is 9.84. The first-order valence-corrected chi connectivity index (χ1v) is 6.98. The number of hydrogen-bond donors (Lipinski definition) is 2. The Hall–Kier alpha value is -1.06. The lowest BCUT2D eigenvalue weighted by Crippen LogP contribution is -2.41. The molecule has 4 heteroatoms. The van der Waals surface area contributed by atoms with E-state index in [1.165, 1.54) is 39.0 Å². The zero-order valence-electron chi connectivity index (χ0n) is 11.7. The van der Waals surface area contributed by atoms with Crippen molar-refractivity contribution in [2.24, 2.45) is 11.1 Å². The summed E-state index contributed by atoms with van der Waals surface area (Å²) in [6.07, 6.45) is 9.44. The maximum Gasteiger partial charge on any atom is 0.318 e. The molecule has 106 valence electrons. The van der Waals surface area contributed by atoms with Gasteiger partial charge in [0.2, 0.25) is 5.91 Å². The van der Waals surface area contributed by atoms with E-state index in [0.29, 0.717) is 6.42 Å². The molecule has 0 saturated heterocycles. The zero-order chi connectivity index (χ0) is 14.0. The van der Waals surface area contributed by atoms with Gasteiger partial charge in [0.25, 0.3) is 0 Å². The van der Waals surface area contributed by atoms with Crippen molar-refractivity contribution in [2.45, 2.75) is 71.6 Å². The highest BCUT2D eigenvalue weighted by molar-refractivity contribution is 6.00. The minimum absolute atomic E-state index is 0.340. The number of unbranched alkanes of at least 4 members (excludes halogenated alkanes) is 7. The summed E-state index contributed by atoms with van der Waals surface area (Å²) in [5.41, 5.74) is 3.75. The van der Waals surface area contributed by atoms with E-state index >= 15 is 0 Å². The Morgan fingerprint density at radius 3 is 1.83 bits per heavy atom. The number of aliphatic carboxylic acids is 1. The van der Waals surface area contributed by atoms with E-state index in [9.17, 15) is 9.59 Å². The topological polar surface area (TPSA) is 80.4 Å². The first-order valence-electron chi connectivity index (χ1n) is 6.98. The van der Waals surface area contributed by atoms with Crippen LogP contribution in [-0.4, -0.2) is 17.0 Å². The largest absolute Gasteiger partial charge is 0.480 e. The number of amides is 1. The van der Waals surface area contributed by atoms with Crippen molar-refractivity contribution in [1.82, 2.24) is 0 Å². The standard InChI is InChI=1S/C14H27NO3/c1-3-4-5-6-7-8-9-10-11-14(2,12(15)16)13(17)18/h3-11H2,1-2H3,(H2,15,16)(H,17,18). The molecule has 0 saturated carbocycles. The zero-order valence-corrected chi connectivity index (χ0v) is 11.7. The van der Waals surface area contributed by atoms with Gasteiger partial charge in [-0.3, -0.25) is 9.59 Å². The maximum atomic E-state index is 11.1. The number of nitrogens with two attached hydrogens (primary N) is 1. The predicted octanol–water partition coefficient (Wildman–Crippen LogP) is 3.09. The molecule has 1 atom stereocenters. The van der Waals surface area contributed by atoms with Gasteiger partial charge in [-0.2, -0.15) is 0 Å². The van der Waals surface area contributed by atoms with Crippen LogP contribution in [0, 0.1) is 5.41 Å². The summed E-state index contributed by atoms with van der Waals surface area (Å²) in [7, 11) is 0. The van der Waals surface area contributed by atoms with E-state index in [2.05, 4.69) is 6.92 Å².